The van der Waals surface area contributed by atoms with E-state index in [0.29, 0.717) is 31.7 Å². The van der Waals surface area contributed by atoms with Crippen molar-refractivity contribution in [2.75, 3.05) is 26.2 Å². The number of aryl methyl sites for hydroxylation is 1. The van der Waals surface area contributed by atoms with Crippen LogP contribution in [-0.2, 0) is 0 Å². The molecule has 4 rings (SSSR count). The molecule has 0 N–H and O–H groups in total. The predicted octanol–water partition coefficient (Wildman–Crippen LogP) is 3.75. The molecule has 0 unspecified atom stereocenters. The van der Waals surface area contributed by atoms with E-state index in [1.165, 1.54) is 0 Å². The van der Waals surface area contributed by atoms with Crippen LogP contribution in [0.4, 0.5) is 0 Å². The molecule has 0 bridgehead atoms. The van der Waals surface area contributed by atoms with Gasteiger partial charge in [-0.3, -0.25) is 9.59 Å². The van der Waals surface area contributed by atoms with Gasteiger partial charge in [0, 0.05) is 37.3 Å². The standard InChI is InChI=1S/C23H22N2O2/c1-17-9-11-19(12-10-17)22(26)24-13-15-25(16-14-24)23(27)21-8-4-6-18-5-2-3-7-20(18)21/h2-12H,13-16H2,1H3. The molecule has 4 nitrogen and oxygen atoms in total. The molecule has 1 saturated heterocycles. The molecular formula is C23H22N2O2. The van der Waals surface area contributed by atoms with E-state index < -0.39 is 0 Å². The quantitative estimate of drug-likeness (QED) is 0.700. The lowest BCUT2D eigenvalue weighted by atomic mass is 10.0. The average molecular weight is 358 g/mol. The van der Waals surface area contributed by atoms with E-state index in [2.05, 4.69) is 0 Å². The summed E-state index contributed by atoms with van der Waals surface area (Å²) in [7, 11) is 0. The second-order valence-corrected chi connectivity index (χ2v) is 6.98. The van der Waals surface area contributed by atoms with Crippen LogP contribution >= 0.6 is 0 Å². The van der Waals surface area contributed by atoms with Crippen LogP contribution < -0.4 is 0 Å². The second kappa shape index (κ2) is 7.23. The molecule has 1 aliphatic rings. The molecule has 0 aromatic heterocycles. The highest BCUT2D eigenvalue weighted by atomic mass is 16.2. The van der Waals surface area contributed by atoms with Crippen LogP contribution in [0.25, 0.3) is 10.8 Å². The zero-order valence-corrected chi connectivity index (χ0v) is 15.4. The Hall–Kier alpha value is -3.14. The fourth-order valence-electron chi connectivity index (χ4n) is 3.57. The van der Waals surface area contributed by atoms with Gasteiger partial charge in [0.1, 0.15) is 0 Å². The molecular weight excluding hydrogens is 336 g/mol. The summed E-state index contributed by atoms with van der Waals surface area (Å²) in [6.07, 6.45) is 0. The van der Waals surface area contributed by atoms with Crippen LogP contribution in [0.15, 0.2) is 66.7 Å². The molecule has 0 saturated carbocycles. The first-order chi connectivity index (χ1) is 13.1. The minimum absolute atomic E-state index is 0.0345. The molecule has 0 spiro atoms. The maximum atomic E-state index is 13.0. The van der Waals surface area contributed by atoms with Crippen molar-refractivity contribution in [2.24, 2.45) is 0 Å². The first kappa shape index (κ1) is 17.3. The molecule has 3 aromatic rings. The molecule has 0 atom stereocenters. The van der Waals surface area contributed by atoms with Crippen molar-refractivity contribution in [3.8, 4) is 0 Å². The van der Waals surface area contributed by atoms with Gasteiger partial charge in [0.15, 0.2) is 0 Å². The van der Waals surface area contributed by atoms with Crippen LogP contribution in [-0.4, -0.2) is 47.8 Å². The molecule has 27 heavy (non-hydrogen) atoms. The predicted molar refractivity (Wildman–Crippen MR) is 107 cm³/mol. The Morgan fingerprint density at radius 3 is 2.00 bits per heavy atom. The second-order valence-electron chi connectivity index (χ2n) is 6.98. The summed E-state index contributed by atoms with van der Waals surface area (Å²) in [6, 6.07) is 21.4. The molecule has 1 heterocycles. The molecule has 0 radical (unpaired) electrons. The Morgan fingerprint density at radius 2 is 1.30 bits per heavy atom. The first-order valence-electron chi connectivity index (χ1n) is 9.26. The zero-order chi connectivity index (χ0) is 18.8. The van der Waals surface area contributed by atoms with Gasteiger partial charge in [-0.2, -0.15) is 0 Å². The van der Waals surface area contributed by atoms with E-state index in [9.17, 15) is 9.59 Å². The fourth-order valence-corrected chi connectivity index (χ4v) is 3.57. The van der Waals surface area contributed by atoms with Crippen molar-refractivity contribution in [1.82, 2.24) is 9.80 Å². The van der Waals surface area contributed by atoms with Gasteiger partial charge in [0.2, 0.25) is 0 Å². The van der Waals surface area contributed by atoms with Crippen LogP contribution in [0.5, 0.6) is 0 Å². The number of piperazine rings is 1. The number of hydrogen-bond donors (Lipinski definition) is 0. The SMILES string of the molecule is Cc1ccc(C(=O)N2CCN(C(=O)c3cccc4ccccc34)CC2)cc1. The fraction of sp³-hybridized carbons (Fsp3) is 0.217. The topological polar surface area (TPSA) is 40.6 Å². The third-order valence-corrected chi connectivity index (χ3v) is 5.17. The third kappa shape index (κ3) is 3.43. The number of carbonyl (C=O) groups excluding carboxylic acids is 2. The maximum Gasteiger partial charge on any atom is 0.254 e. The van der Waals surface area contributed by atoms with Gasteiger partial charge in [-0.05, 0) is 35.9 Å². The van der Waals surface area contributed by atoms with E-state index in [-0.39, 0.29) is 11.8 Å². The Labute approximate surface area is 159 Å². The highest BCUT2D eigenvalue weighted by Gasteiger charge is 2.26. The largest absolute Gasteiger partial charge is 0.335 e. The molecule has 4 heteroatoms. The Bertz CT molecular complexity index is 981. The smallest absolute Gasteiger partial charge is 0.254 e. The van der Waals surface area contributed by atoms with E-state index >= 15 is 0 Å². The van der Waals surface area contributed by atoms with Crippen molar-refractivity contribution < 1.29 is 9.59 Å². The zero-order valence-electron chi connectivity index (χ0n) is 15.4. The van der Waals surface area contributed by atoms with Gasteiger partial charge in [-0.25, -0.2) is 0 Å². The van der Waals surface area contributed by atoms with Gasteiger partial charge in [0.05, 0.1) is 0 Å². The van der Waals surface area contributed by atoms with Gasteiger partial charge < -0.3 is 9.80 Å². The van der Waals surface area contributed by atoms with E-state index in [0.717, 1.165) is 21.9 Å². The van der Waals surface area contributed by atoms with Gasteiger partial charge in [-0.15, -0.1) is 0 Å². The van der Waals surface area contributed by atoms with Crippen LogP contribution in [0.3, 0.4) is 0 Å². The highest BCUT2D eigenvalue weighted by Crippen LogP contribution is 2.21. The summed E-state index contributed by atoms with van der Waals surface area (Å²) in [6.45, 7) is 4.23. The number of rotatable bonds is 2. The Morgan fingerprint density at radius 1 is 0.704 bits per heavy atom. The normalized spacial score (nSPS) is 14.4. The van der Waals surface area contributed by atoms with Crippen molar-refractivity contribution in [2.45, 2.75) is 6.92 Å². The number of fused-ring (bicyclic) bond motifs is 1. The number of carbonyl (C=O) groups is 2. The van der Waals surface area contributed by atoms with Crippen LogP contribution in [0, 0.1) is 6.92 Å². The summed E-state index contributed by atoms with van der Waals surface area (Å²) in [5.41, 5.74) is 2.57. The number of hydrogen-bond acceptors (Lipinski definition) is 2. The summed E-state index contributed by atoms with van der Waals surface area (Å²) in [5, 5.41) is 2.04. The maximum absolute atomic E-state index is 13.0. The van der Waals surface area contributed by atoms with Crippen molar-refractivity contribution in [3.05, 3.63) is 83.4 Å². The molecule has 1 aliphatic heterocycles. The van der Waals surface area contributed by atoms with Crippen molar-refractivity contribution >= 4 is 22.6 Å². The number of benzene rings is 3. The third-order valence-electron chi connectivity index (χ3n) is 5.17. The minimum Gasteiger partial charge on any atom is -0.335 e. The van der Waals surface area contributed by atoms with Crippen LogP contribution in [0.2, 0.25) is 0 Å². The monoisotopic (exact) mass is 358 g/mol. The lowest BCUT2D eigenvalue weighted by Gasteiger charge is -2.35. The summed E-state index contributed by atoms with van der Waals surface area (Å²) in [5.74, 6) is 0.0708. The number of amides is 2. The average Bonchev–Trinajstić information content (AvgIpc) is 2.73. The summed E-state index contributed by atoms with van der Waals surface area (Å²) >= 11 is 0. The lowest BCUT2D eigenvalue weighted by Crippen LogP contribution is -2.50. The lowest BCUT2D eigenvalue weighted by molar-refractivity contribution is 0.0536. The van der Waals surface area contributed by atoms with E-state index in [1.54, 1.807) is 0 Å². The highest BCUT2D eigenvalue weighted by molar-refractivity contribution is 6.07. The molecule has 136 valence electrons. The summed E-state index contributed by atoms with van der Waals surface area (Å²) < 4.78 is 0. The molecule has 3 aromatic carbocycles. The van der Waals surface area contributed by atoms with Gasteiger partial charge in [-0.1, -0.05) is 54.1 Å². The number of nitrogens with zero attached hydrogens (tertiary/aromatic N) is 2. The first-order valence-corrected chi connectivity index (χ1v) is 9.26. The minimum atomic E-state index is 0.0345. The summed E-state index contributed by atoms with van der Waals surface area (Å²) in [4.78, 5) is 29.4. The van der Waals surface area contributed by atoms with E-state index in [1.807, 2.05) is 83.5 Å². The van der Waals surface area contributed by atoms with Crippen LogP contribution in [0.1, 0.15) is 26.3 Å². The van der Waals surface area contributed by atoms with Crippen molar-refractivity contribution in [3.63, 3.8) is 0 Å². The molecule has 2 amide bonds. The van der Waals surface area contributed by atoms with E-state index in [4.69, 9.17) is 0 Å². The Balaban J connectivity index is 1.46. The molecule has 0 aliphatic carbocycles. The Kier molecular flexibility index (Phi) is 4.63. The van der Waals surface area contributed by atoms with Gasteiger partial charge >= 0.3 is 0 Å². The molecule has 1 fully saturated rings. The van der Waals surface area contributed by atoms with Gasteiger partial charge in [0.25, 0.3) is 11.8 Å². The van der Waals surface area contributed by atoms with Crippen molar-refractivity contribution in [1.29, 1.82) is 0 Å².